The number of amides is 1. The summed E-state index contributed by atoms with van der Waals surface area (Å²) in [5, 5.41) is 2.70. The van der Waals surface area contributed by atoms with Crippen LogP contribution in [0.4, 0.5) is 17.2 Å². The van der Waals surface area contributed by atoms with Gasteiger partial charge in [0.15, 0.2) is 5.69 Å². The van der Waals surface area contributed by atoms with Gasteiger partial charge in [-0.05, 0) is 24.3 Å². The van der Waals surface area contributed by atoms with Crippen molar-refractivity contribution in [3.05, 3.63) is 42.4 Å². The van der Waals surface area contributed by atoms with Gasteiger partial charge >= 0.3 is 0 Å². The number of pyridine rings is 2. The Labute approximate surface area is 111 Å². The first-order chi connectivity index (χ1) is 9.08. The molecule has 2 heterocycles. The molecule has 2 aromatic rings. The van der Waals surface area contributed by atoms with Crippen molar-refractivity contribution in [3.63, 3.8) is 0 Å². The Morgan fingerprint density at radius 2 is 2.05 bits per heavy atom. The van der Waals surface area contributed by atoms with Gasteiger partial charge in [-0.25, -0.2) is 9.97 Å². The fourth-order valence-corrected chi connectivity index (χ4v) is 1.52. The van der Waals surface area contributed by atoms with Crippen molar-refractivity contribution in [1.29, 1.82) is 0 Å². The molecule has 0 radical (unpaired) electrons. The van der Waals surface area contributed by atoms with E-state index in [1.165, 1.54) is 6.20 Å². The highest BCUT2D eigenvalue weighted by Crippen LogP contribution is 2.14. The molecule has 0 aliphatic heterocycles. The van der Waals surface area contributed by atoms with E-state index in [0.717, 1.165) is 5.82 Å². The van der Waals surface area contributed by atoms with Gasteiger partial charge in [-0.1, -0.05) is 0 Å². The minimum atomic E-state index is -0.350. The van der Waals surface area contributed by atoms with Crippen LogP contribution in [-0.4, -0.2) is 30.0 Å². The van der Waals surface area contributed by atoms with Crippen molar-refractivity contribution in [2.24, 2.45) is 0 Å². The Kier molecular flexibility index (Phi) is 3.61. The molecular weight excluding hydrogens is 242 g/mol. The Hall–Kier alpha value is -2.63. The molecule has 0 saturated heterocycles. The highest BCUT2D eigenvalue weighted by Gasteiger charge is 2.11. The molecule has 0 aromatic carbocycles. The molecule has 2 aromatic heterocycles. The molecular formula is C13H15N5O. The van der Waals surface area contributed by atoms with E-state index in [-0.39, 0.29) is 11.6 Å². The van der Waals surface area contributed by atoms with Crippen LogP contribution >= 0.6 is 0 Å². The number of anilines is 3. The quantitative estimate of drug-likeness (QED) is 0.867. The van der Waals surface area contributed by atoms with E-state index in [2.05, 4.69) is 15.3 Å². The number of rotatable bonds is 3. The summed E-state index contributed by atoms with van der Waals surface area (Å²) in [6.07, 6.45) is 3.12. The monoisotopic (exact) mass is 257 g/mol. The number of aromatic nitrogens is 2. The van der Waals surface area contributed by atoms with Crippen molar-refractivity contribution in [1.82, 2.24) is 9.97 Å². The Morgan fingerprint density at radius 1 is 1.26 bits per heavy atom. The second-order valence-electron chi connectivity index (χ2n) is 4.19. The molecule has 0 aliphatic rings. The molecule has 0 aliphatic carbocycles. The molecule has 0 spiro atoms. The van der Waals surface area contributed by atoms with Gasteiger partial charge in [0.05, 0.1) is 17.6 Å². The Bertz CT molecular complexity index is 580. The van der Waals surface area contributed by atoms with Gasteiger partial charge in [-0.15, -0.1) is 0 Å². The van der Waals surface area contributed by atoms with Gasteiger partial charge in [-0.2, -0.15) is 0 Å². The van der Waals surface area contributed by atoms with Crippen molar-refractivity contribution < 1.29 is 4.79 Å². The summed E-state index contributed by atoms with van der Waals surface area (Å²) in [5.41, 5.74) is 6.84. The van der Waals surface area contributed by atoms with Crippen LogP contribution in [0, 0.1) is 0 Å². The molecule has 2 rings (SSSR count). The minimum absolute atomic E-state index is 0.208. The van der Waals surface area contributed by atoms with Gasteiger partial charge in [0, 0.05) is 20.3 Å². The van der Waals surface area contributed by atoms with E-state index in [0.29, 0.717) is 11.4 Å². The predicted octanol–water partition coefficient (Wildman–Crippen LogP) is 1.38. The lowest BCUT2D eigenvalue weighted by molar-refractivity contribution is 0.102. The van der Waals surface area contributed by atoms with E-state index >= 15 is 0 Å². The zero-order chi connectivity index (χ0) is 13.8. The molecule has 0 unspecified atom stereocenters. The highest BCUT2D eigenvalue weighted by molar-refractivity contribution is 6.06. The van der Waals surface area contributed by atoms with Crippen molar-refractivity contribution >= 4 is 23.1 Å². The first kappa shape index (κ1) is 12.8. The van der Waals surface area contributed by atoms with E-state index in [4.69, 9.17) is 5.73 Å². The number of hydrogen-bond donors (Lipinski definition) is 2. The maximum atomic E-state index is 12.0. The van der Waals surface area contributed by atoms with Gasteiger partial charge in [0.2, 0.25) is 0 Å². The average molecular weight is 257 g/mol. The number of carbonyl (C=O) groups excluding carboxylic acids is 1. The first-order valence-electron chi connectivity index (χ1n) is 5.73. The predicted molar refractivity (Wildman–Crippen MR) is 75.2 cm³/mol. The van der Waals surface area contributed by atoms with Gasteiger partial charge < -0.3 is 16.0 Å². The number of nitrogens with zero attached hydrogens (tertiary/aromatic N) is 3. The zero-order valence-electron chi connectivity index (χ0n) is 10.8. The summed E-state index contributed by atoms with van der Waals surface area (Å²) in [5.74, 6) is 0.466. The van der Waals surface area contributed by atoms with E-state index in [1.54, 1.807) is 24.4 Å². The third-order valence-electron chi connectivity index (χ3n) is 2.52. The molecule has 0 atom stereocenters. The Balaban J connectivity index is 2.13. The lowest BCUT2D eigenvalue weighted by atomic mass is 10.3. The summed E-state index contributed by atoms with van der Waals surface area (Å²) in [7, 11) is 3.80. The van der Waals surface area contributed by atoms with Crippen LogP contribution in [0.2, 0.25) is 0 Å². The normalized spacial score (nSPS) is 10.0. The lowest BCUT2D eigenvalue weighted by Crippen LogP contribution is -2.16. The first-order valence-corrected chi connectivity index (χ1v) is 5.73. The van der Waals surface area contributed by atoms with Crippen molar-refractivity contribution in [2.75, 3.05) is 30.0 Å². The number of hydrogen-bond acceptors (Lipinski definition) is 5. The Morgan fingerprint density at radius 3 is 2.63 bits per heavy atom. The van der Waals surface area contributed by atoms with Gasteiger partial charge in [0.1, 0.15) is 5.82 Å². The van der Waals surface area contributed by atoms with Crippen LogP contribution < -0.4 is 16.0 Å². The van der Waals surface area contributed by atoms with Crippen LogP contribution in [0.1, 0.15) is 10.5 Å². The van der Waals surface area contributed by atoms with Crippen molar-refractivity contribution in [3.8, 4) is 0 Å². The second kappa shape index (κ2) is 5.34. The molecule has 1 amide bonds. The fourth-order valence-electron chi connectivity index (χ4n) is 1.52. The number of nitrogens with one attached hydrogen (secondary N) is 1. The summed E-state index contributed by atoms with van der Waals surface area (Å²) < 4.78 is 0. The van der Waals surface area contributed by atoms with Crippen LogP contribution in [0.5, 0.6) is 0 Å². The third-order valence-corrected chi connectivity index (χ3v) is 2.52. The molecule has 0 bridgehead atoms. The number of nitrogens with two attached hydrogens (primary N) is 1. The maximum Gasteiger partial charge on any atom is 0.276 e. The van der Waals surface area contributed by atoms with Crippen molar-refractivity contribution in [2.45, 2.75) is 0 Å². The van der Waals surface area contributed by atoms with Crippen LogP contribution in [0.25, 0.3) is 0 Å². The zero-order valence-corrected chi connectivity index (χ0v) is 10.8. The summed E-state index contributed by atoms with van der Waals surface area (Å²) >= 11 is 0. The summed E-state index contributed by atoms with van der Waals surface area (Å²) in [4.78, 5) is 22.0. The number of nitrogen functional groups attached to an aromatic ring is 1. The molecule has 3 N–H and O–H groups in total. The molecule has 0 saturated carbocycles. The summed E-state index contributed by atoms with van der Waals surface area (Å²) in [6, 6.07) is 6.91. The van der Waals surface area contributed by atoms with E-state index in [9.17, 15) is 4.79 Å². The highest BCUT2D eigenvalue weighted by atomic mass is 16.1. The molecule has 6 heteroatoms. The molecule has 0 fully saturated rings. The maximum absolute atomic E-state index is 12.0. The smallest absolute Gasteiger partial charge is 0.276 e. The standard InChI is InChI=1S/C13H15N5O/c1-18(2)11-6-5-9(8-16-11)17-13(19)12-10(14)4-3-7-15-12/h3-8H,14H2,1-2H3,(H,17,19). The van der Waals surface area contributed by atoms with Crippen LogP contribution in [-0.2, 0) is 0 Å². The van der Waals surface area contributed by atoms with Crippen LogP contribution in [0.15, 0.2) is 36.7 Å². The number of carbonyl (C=O) groups is 1. The van der Waals surface area contributed by atoms with E-state index < -0.39 is 0 Å². The fraction of sp³-hybridized carbons (Fsp3) is 0.154. The molecule has 19 heavy (non-hydrogen) atoms. The lowest BCUT2D eigenvalue weighted by Gasteiger charge is -2.11. The molecule has 6 nitrogen and oxygen atoms in total. The summed E-state index contributed by atoms with van der Waals surface area (Å²) in [6.45, 7) is 0. The topological polar surface area (TPSA) is 84.1 Å². The third kappa shape index (κ3) is 2.98. The minimum Gasteiger partial charge on any atom is -0.397 e. The largest absolute Gasteiger partial charge is 0.397 e. The van der Waals surface area contributed by atoms with Gasteiger partial charge in [0.25, 0.3) is 5.91 Å². The molecule has 98 valence electrons. The van der Waals surface area contributed by atoms with Gasteiger partial charge in [-0.3, -0.25) is 4.79 Å². The van der Waals surface area contributed by atoms with E-state index in [1.807, 2.05) is 25.1 Å². The second-order valence-corrected chi connectivity index (χ2v) is 4.19. The SMILES string of the molecule is CN(C)c1ccc(NC(=O)c2ncccc2N)cn1. The average Bonchev–Trinajstić information content (AvgIpc) is 2.39. The van der Waals surface area contributed by atoms with Crippen LogP contribution in [0.3, 0.4) is 0 Å².